The maximum Gasteiger partial charge on any atom is 0.323 e. The fourth-order valence-corrected chi connectivity index (χ4v) is 2.86. The maximum absolute atomic E-state index is 12.1. The van der Waals surface area contributed by atoms with Gasteiger partial charge in [0.2, 0.25) is 0 Å². The topological polar surface area (TPSA) is 69.3 Å². The minimum atomic E-state index is -0.259. The minimum Gasteiger partial charge on any atom is -0.314 e. The van der Waals surface area contributed by atoms with Crippen molar-refractivity contribution in [2.24, 2.45) is 0 Å². The number of piperazine rings is 1. The Morgan fingerprint density at radius 3 is 2.72 bits per heavy atom. The van der Waals surface area contributed by atoms with Gasteiger partial charge in [-0.2, -0.15) is 0 Å². The lowest BCUT2D eigenvalue weighted by molar-refractivity contribution is 0.244. The van der Waals surface area contributed by atoms with Crippen LogP contribution in [0.2, 0.25) is 0 Å². The molecule has 6 heteroatoms. The highest BCUT2D eigenvalue weighted by Gasteiger charge is 2.09. The van der Waals surface area contributed by atoms with Gasteiger partial charge in [-0.25, -0.2) is 4.79 Å². The number of carbonyl (C=O) groups is 1. The van der Waals surface area contributed by atoms with Crippen molar-refractivity contribution in [2.45, 2.75) is 13.3 Å². The van der Waals surface area contributed by atoms with Gasteiger partial charge < -0.3 is 20.9 Å². The normalized spacial score (nSPS) is 14.9. The van der Waals surface area contributed by atoms with Crippen LogP contribution in [0.4, 0.5) is 16.2 Å². The Morgan fingerprint density at radius 1 is 1.16 bits per heavy atom. The van der Waals surface area contributed by atoms with Crippen molar-refractivity contribution in [3.8, 4) is 0 Å². The smallest absolute Gasteiger partial charge is 0.314 e. The van der Waals surface area contributed by atoms with Crippen molar-refractivity contribution in [3.63, 3.8) is 0 Å². The predicted molar refractivity (Wildman–Crippen MR) is 101 cm³/mol. The number of nitrogens with one attached hydrogen (secondary N) is 3. The minimum absolute atomic E-state index is 0.259. The van der Waals surface area contributed by atoms with E-state index >= 15 is 0 Å². The number of hydrogen-bond acceptors (Lipinski definition) is 4. The first-order chi connectivity index (χ1) is 12.2. The van der Waals surface area contributed by atoms with Crippen LogP contribution in [-0.2, 0) is 6.42 Å². The number of amides is 2. The van der Waals surface area contributed by atoms with Crippen molar-refractivity contribution < 1.29 is 4.79 Å². The van der Waals surface area contributed by atoms with E-state index in [9.17, 15) is 4.79 Å². The van der Waals surface area contributed by atoms with Gasteiger partial charge in [-0.1, -0.05) is 12.1 Å². The second-order valence-electron chi connectivity index (χ2n) is 6.31. The van der Waals surface area contributed by atoms with Gasteiger partial charge in [0.25, 0.3) is 0 Å². The zero-order valence-corrected chi connectivity index (χ0v) is 14.6. The van der Waals surface area contributed by atoms with Crippen LogP contribution in [-0.4, -0.2) is 48.6 Å². The fourth-order valence-electron chi connectivity index (χ4n) is 2.86. The van der Waals surface area contributed by atoms with E-state index in [0.29, 0.717) is 5.69 Å². The van der Waals surface area contributed by atoms with Crippen LogP contribution in [0.1, 0.15) is 11.3 Å². The molecule has 3 N–H and O–H groups in total. The van der Waals surface area contributed by atoms with Crippen molar-refractivity contribution in [1.82, 2.24) is 15.2 Å². The molecule has 0 atom stereocenters. The summed E-state index contributed by atoms with van der Waals surface area (Å²) in [6.45, 7) is 7.29. The number of benzene rings is 1. The Balaban J connectivity index is 1.51. The Hall–Kier alpha value is -2.44. The van der Waals surface area contributed by atoms with Gasteiger partial charge >= 0.3 is 6.03 Å². The SMILES string of the molecule is Cc1ccc(NC(=O)Nc2cccc(CCN3CCNCC3)c2)cn1. The van der Waals surface area contributed by atoms with E-state index in [1.807, 2.05) is 37.3 Å². The first kappa shape index (κ1) is 17.4. The summed E-state index contributed by atoms with van der Waals surface area (Å²) in [5, 5.41) is 9.04. The molecule has 6 nitrogen and oxygen atoms in total. The molecule has 2 heterocycles. The molecule has 2 aromatic rings. The molecule has 0 bridgehead atoms. The van der Waals surface area contributed by atoms with Crippen LogP contribution in [0.25, 0.3) is 0 Å². The van der Waals surface area contributed by atoms with Gasteiger partial charge in [0, 0.05) is 44.1 Å². The fraction of sp³-hybridized carbons (Fsp3) is 0.368. The summed E-state index contributed by atoms with van der Waals surface area (Å²) in [4.78, 5) is 18.8. The largest absolute Gasteiger partial charge is 0.323 e. The van der Waals surface area contributed by atoms with Gasteiger partial charge in [-0.05, 0) is 43.2 Å². The van der Waals surface area contributed by atoms with Crippen molar-refractivity contribution in [1.29, 1.82) is 0 Å². The lowest BCUT2D eigenvalue weighted by atomic mass is 10.1. The number of anilines is 2. The van der Waals surface area contributed by atoms with E-state index in [0.717, 1.165) is 50.5 Å². The summed E-state index contributed by atoms with van der Waals surface area (Å²) in [5.74, 6) is 0. The van der Waals surface area contributed by atoms with Gasteiger partial charge in [-0.3, -0.25) is 4.98 Å². The molecule has 1 fully saturated rings. The van der Waals surface area contributed by atoms with E-state index in [1.165, 1.54) is 5.56 Å². The summed E-state index contributed by atoms with van der Waals surface area (Å²) in [7, 11) is 0. The summed E-state index contributed by atoms with van der Waals surface area (Å²) in [5.41, 5.74) is 3.63. The summed E-state index contributed by atoms with van der Waals surface area (Å²) in [6.07, 6.45) is 2.64. The highest BCUT2D eigenvalue weighted by molar-refractivity contribution is 5.99. The maximum atomic E-state index is 12.1. The van der Waals surface area contributed by atoms with Gasteiger partial charge in [0.05, 0.1) is 11.9 Å². The molecule has 1 saturated heterocycles. The summed E-state index contributed by atoms with van der Waals surface area (Å²) < 4.78 is 0. The molecule has 0 saturated carbocycles. The van der Waals surface area contributed by atoms with Gasteiger partial charge in [0.15, 0.2) is 0 Å². The van der Waals surface area contributed by atoms with E-state index in [2.05, 4.69) is 31.9 Å². The third-order valence-electron chi connectivity index (χ3n) is 4.28. The molecule has 25 heavy (non-hydrogen) atoms. The Morgan fingerprint density at radius 2 is 1.96 bits per heavy atom. The number of aromatic nitrogens is 1. The first-order valence-corrected chi connectivity index (χ1v) is 8.72. The number of pyridine rings is 1. The number of hydrogen-bond donors (Lipinski definition) is 3. The second-order valence-corrected chi connectivity index (χ2v) is 6.31. The van der Waals surface area contributed by atoms with Crippen molar-refractivity contribution >= 4 is 17.4 Å². The average Bonchev–Trinajstić information content (AvgIpc) is 2.63. The average molecular weight is 339 g/mol. The number of rotatable bonds is 5. The molecular weight excluding hydrogens is 314 g/mol. The molecule has 1 aromatic heterocycles. The standard InChI is InChI=1S/C19H25N5O/c1-15-5-6-18(14-21-15)23-19(25)22-17-4-2-3-16(13-17)7-10-24-11-8-20-9-12-24/h2-6,13-14,20H,7-12H2,1H3,(H2,22,23,25). The lowest BCUT2D eigenvalue weighted by Gasteiger charge is -2.27. The molecule has 0 radical (unpaired) electrons. The van der Waals surface area contributed by atoms with E-state index in [1.54, 1.807) is 6.20 Å². The quantitative estimate of drug-likeness (QED) is 0.783. The van der Waals surface area contributed by atoms with Gasteiger partial charge in [-0.15, -0.1) is 0 Å². The summed E-state index contributed by atoms with van der Waals surface area (Å²) >= 11 is 0. The molecule has 0 spiro atoms. The van der Waals surface area contributed by atoms with Crippen molar-refractivity contribution in [2.75, 3.05) is 43.4 Å². The molecular formula is C19H25N5O. The molecule has 132 valence electrons. The molecule has 2 amide bonds. The molecule has 0 aliphatic carbocycles. The van der Waals surface area contributed by atoms with Gasteiger partial charge in [0.1, 0.15) is 0 Å². The highest BCUT2D eigenvalue weighted by Crippen LogP contribution is 2.13. The predicted octanol–water partition coefficient (Wildman–Crippen LogP) is 2.48. The van der Waals surface area contributed by atoms with Crippen LogP contribution in [0.5, 0.6) is 0 Å². The first-order valence-electron chi connectivity index (χ1n) is 8.72. The molecule has 1 aromatic carbocycles. The zero-order chi connectivity index (χ0) is 17.5. The van der Waals surface area contributed by atoms with Crippen LogP contribution >= 0.6 is 0 Å². The molecule has 1 aliphatic rings. The Kier molecular flexibility index (Phi) is 5.98. The van der Waals surface area contributed by atoms with E-state index in [4.69, 9.17) is 0 Å². The summed E-state index contributed by atoms with van der Waals surface area (Å²) in [6, 6.07) is 11.5. The number of aryl methyl sites for hydroxylation is 1. The van der Waals surface area contributed by atoms with Crippen molar-refractivity contribution in [3.05, 3.63) is 53.9 Å². The van der Waals surface area contributed by atoms with Crippen LogP contribution in [0.3, 0.4) is 0 Å². The third kappa shape index (κ3) is 5.55. The van der Waals surface area contributed by atoms with Crippen LogP contribution in [0.15, 0.2) is 42.6 Å². The number of nitrogens with zero attached hydrogens (tertiary/aromatic N) is 2. The third-order valence-corrected chi connectivity index (χ3v) is 4.28. The van der Waals surface area contributed by atoms with E-state index in [-0.39, 0.29) is 6.03 Å². The van der Waals surface area contributed by atoms with Crippen LogP contribution < -0.4 is 16.0 Å². The molecule has 0 unspecified atom stereocenters. The highest BCUT2D eigenvalue weighted by atomic mass is 16.2. The lowest BCUT2D eigenvalue weighted by Crippen LogP contribution is -2.44. The number of carbonyl (C=O) groups excluding carboxylic acids is 1. The molecule has 1 aliphatic heterocycles. The monoisotopic (exact) mass is 339 g/mol. The zero-order valence-electron chi connectivity index (χ0n) is 14.6. The van der Waals surface area contributed by atoms with E-state index < -0.39 is 0 Å². The van der Waals surface area contributed by atoms with Crippen LogP contribution in [0, 0.1) is 6.92 Å². The number of urea groups is 1. The Labute approximate surface area is 148 Å². The molecule has 3 rings (SSSR count). The second kappa shape index (κ2) is 8.60. The Bertz CT molecular complexity index is 695.